The van der Waals surface area contributed by atoms with E-state index in [1.165, 1.54) is 50.9 Å². The number of fused-ring (bicyclic) bond motifs is 1. The predicted octanol–water partition coefficient (Wildman–Crippen LogP) is 3.85. The number of benzene rings is 1. The molecule has 1 N–H and O–H groups in total. The molecule has 0 saturated carbocycles. The van der Waals surface area contributed by atoms with Crippen molar-refractivity contribution >= 4 is 22.5 Å². The molecule has 2 aliphatic rings. The fourth-order valence-corrected chi connectivity index (χ4v) is 4.41. The zero-order valence-electron chi connectivity index (χ0n) is 13.5. The second kappa shape index (κ2) is 6.76. The van der Waals surface area contributed by atoms with Gasteiger partial charge in [-0.15, -0.1) is 0 Å². The summed E-state index contributed by atoms with van der Waals surface area (Å²) < 4.78 is 0. The van der Waals surface area contributed by atoms with Gasteiger partial charge in [-0.3, -0.25) is 9.88 Å². The molecule has 0 radical (unpaired) electrons. The van der Waals surface area contributed by atoms with Crippen LogP contribution in [0.4, 0.5) is 0 Å². The molecular formula is C19H24ClN3. The summed E-state index contributed by atoms with van der Waals surface area (Å²) in [6.07, 6.45) is 7.22. The third-order valence-electron chi connectivity index (χ3n) is 5.49. The Bertz CT molecular complexity index is 673. The second-order valence-electron chi connectivity index (χ2n) is 6.92. The van der Waals surface area contributed by atoms with Gasteiger partial charge in [0.2, 0.25) is 0 Å². The van der Waals surface area contributed by atoms with Crippen LogP contribution >= 0.6 is 11.6 Å². The van der Waals surface area contributed by atoms with Crippen LogP contribution in [0.3, 0.4) is 0 Å². The molecule has 1 atom stereocenters. The molecule has 122 valence electrons. The van der Waals surface area contributed by atoms with Gasteiger partial charge in [-0.05, 0) is 75.0 Å². The number of aromatic nitrogens is 1. The predicted molar refractivity (Wildman–Crippen MR) is 95.8 cm³/mol. The van der Waals surface area contributed by atoms with Crippen molar-refractivity contribution in [2.75, 3.05) is 19.6 Å². The minimum absolute atomic E-state index is 0.773. The molecular weight excluding hydrogens is 306 g/mol. The summed E-state index contributed by atoms with van der Waals surface area (Å²) in [7, 11) is 0. The van der Waals surface area contributed by atoms with E-state index in [4.69, 9.17) is 11.6 Å². The SMILES string of the molecule is Clc1ccc(CN2CCC(C3CCCN3)CC2)c2ncccc12. The molecule has 4 heteroatoms. The van der Waals surface area contributed by atoms with E-state index in [2.05, 4.69) is 27.3 Å². The molecule has 0 aliphatic carbocycles. The van der Waals surface area contributed by atoms with Crippen LogP contribution in [0.15, 0.2) is 30.5 Å². The van der Waals surface area contributed by atoms with Crippen LogP contribution in [0.5, 0.6) is 0 Å². The number of pyridine rings is 1. The van der Waals surface area contributed by atoms with Crippen LogP contribution < -0.4 is 5.32 Å². The van der Waals surface area contributed by atoms with Crippen molar-refractivity contribution in [1.82, 2.24) is 15.2 Å². The van der Waals surface area contributed by atoms with Gasteiger partial charge in [0.15, 0.2) is 0 Å². The van der Waals surface area contributed by atoms with E-state index in [9.17, 15) is 0 Å². The lowest BCUT2D eigenvalue weighted by Gasteiger charge is -2.35. The first-order valence-corrected chi connectivity index (χ1v) is 9.17. The molecule has 3 nitrogen and oxygen atoms in total. The monoisotopic (exact) mass is 329 g/mol. The molecule has 1 unspecified atom stereocenters. The molecule has 0 spiro atoms. The molecule has 1 aromatic heterocycles. The first kappa shape index (κ1) is 15.4. The van der Waals surface area contributed by atoms with Crippen molar-refractivity contribution < 1.29 is 0 Å². The van der Waals surface area contributed by atoms with Crippen LogP contribution in [0, 0.1) is 5.92 Å². The maximum Gasteiger partial charge on any atom is 0.0761 e. The Balaban J connectivity index is 1.44. The minimum atomic E-state index is 0.773. The highest BCUT2D eigenvalue weighted by molar-refractivity contribution is 6.35. The fraction of sp³-hybridized carbons (Fsp3) is 0.526. The van der Waals surface area contributed by atoms with Gasteiger partial charge in [0.1, 0.15) is 0 Å². The van der Waals surface area contributed by atoms with Crippen LogP contribution in [-0.2, 0) is 6.54 Å². The third-order valence-corrected chi connectivity index (χ3v) is 5.82. The number of nitrogens with one attached hydrogen (secondary N) is 1. The van der Waals surface area contributed by atoms with Crippen LogP contribution in [0.2, 0.25) is 5.02 Å². The highest BCUT2D eigenvalue weighted by Crippen LogP contribution is 2.29. The molecule has 2 aliphatic heterocycles. The maximum atomic E-state index is 6.30. The number of halogens is 1. The molecule has 0 bridgehead atoms. The summed E-state index contributed by atoms with van der Waals surface area (Å²) >= 11 is 6.30. The largest absolute Gasteiger partial charge is 0.314 e. The normalized spacial score (nSPS) is 23.6. The van der Waals surface area contributed by atoms with E-state index < -0.39 is 0 Å². The van der Waals surface area contributed by atoms with Crippen molar-refractivity contribution in [2.45, 2.75) is 38.3 Å². The molecule has 23 heavy (non-hydrogen) atoms. The lowest BCUT2D eigenvalue weighted by Crippen LogP contribution is -2.40. The molecule has 3 heterocycles. The van der Waals surface area contributed by atoms with Crippen molar-refractivity contribution in [3.63, 3.8) is 0 Å². The van der Waals surface area contributed by atoms with E-state index in [0.29, 0.717) is 0 Å². The summed E-state index contributed by atoms with van der Waals surface area (Å²) in [5, 5.41) is 5.54. The number of piperidine rings is 1. The highest BCUT2D eigenvalue weighted by atomic mass is 35.5. The first-order valence-electron chi connectivity index (χ1n) is 8.79. The summed E-state index contributed by atoms with van der Waals surface area (Å²) in [6, 6.07) is 8.94. The first-order chi connectivity index (χ1) is 11.3. The molecule has 0 amide bonds. The Morgan fingerprint density at radius 2 is 2.04 bits per heavy atom. The number of hydrogen-bond donors (Lipinski definition) is 1. The van der Waals surface area contributed by atoms with E-state index in [0.717, 1.165) is 34.4 Å². The average molecular weight is 330 g/mol. The zero-order valence-corrected chi connectivity index (χ0v) is 14.2. The smallest absolute Gasteiger partial charge is 0.0761 e. The van der Waals surface area contributed by atoms with Crippen LogP contribution in [0.25, 0.3) is 10.9 Å². The quantitative estimate of drug-likeness (QED) is 0.927. The Kier molecular flexibility index (Phi) is 4.52. The van der Waals surface area contributed by atoms with Crippen LogP contribution in [-0.4, -0.2) is 35.6 Å². The van der Waals surface area contributed by atoms with Crippen molar-refractivity contribution in [2.24, 2.45) is 5.92 Å². The van der Waals surface area contributed by atoms with Gasteiger partial charge in [0.25, 0.3) is 0 Å². The van der Waals surface area contributed by atoms with E-state index in [1.807, 2.05) is 18.3 Å². The number of rotatable bonds is 3. The van der Waals surface area contributed by atoms with Gasteiger partial charge in [-0.1, -0.05) is 17.7 Å². The van der Waals surface area contributed by atoms with Crippen molar-refractivity contribution in [1.29, 1.82) is 0 Å². The van der Waals surface area contributed by atoms with E-state index >= 15 is 0 Å². The van der Waals surface area contributed by atoms with Gasteiger partial charge in [0, 0.05) is 29.2 Å². The zero-order chi connectivity index (χ0) is 15.6. The Morgan fingerprint density at radius 3 is 2.83 bits per heavy atom. The van der Waals surface area contributed by atoms with Gasteiger partial charge in [0.05, 0.1) is 5.52 Å². The van der Waals surface area contributed by atoms with Gasteiger partial charge >= 0.3 is 0 Å². The lowest BCUT2D eigenvalue weighted by molar-refractivity contribution is 0.158. The number of likely N-dealkylation sites (tertiary alicyclic amines) is 1. The standard InChI is InChI=1S/C19H24ClN3/c20-17-6-5-15(19-16(17)3-1-10-22-19)13-23-11-7-14(8-12-23)18-4-2-9-21-18/h1,3,5-6,10,14,18,21H,2,4,7-9,11-13H2. The van der Waals surface area contributed by atoms with Gasteiger partial charge in [-0.2, -0.15) is 0 Å². The number of nitrogens with zero attached hydrogens (tertiary/aromatic N) is 2. The topological polar surface area (TPSA) is 28.2 Å². The summed E-state index contributed by atoms with van der Waals surface area (Å²) in [5.41, 5.74) is 2.35. The lowest BCUT2D eigenvalue weighted by atomic mass is 9.88. The van der Waals surface area contributed by atoms with E-state index in [1.54, 1.807) is 0 Å². The van der Waals surface area contributed by atoms with Gasteiger partial charge in [-0.25, -0.2) is 0 Å². The summed E-state index contributed by atoms with van der Waals surface area (Å²) in [4.78, 5) is 7.14. The summed E-state index contributed by atoms with van der Waals surface area (Å²) in [5.74, 6) is 0.869. The third kappa shape index (κ3) is 3.23. The summed E-state index contributed by atoms with van der Waals surface area (Å²) in [6.45, 7) is 4.59. The maximum absolute atomic E-state index is 6.30. The Labute approximate surface area is 143 Å². The Morgan fingerprint density at radius 1 is 1.17 bits per heavy atom. The molecule has 2 aromatic rings. The van der Waals surface area contributed by atoms with Gasteiger partial charge < -0.3 is 5.32 Å². The number of hydrogen-bond acceptors (Lipinski definition) is 3. The van der Waals surface area contributed by atoms with Crippen molar-refractivity contribution in [3.05, 3.63) is 41.0 Å². The minimum Gasteiger partial charge on any atom is -0.314 e. The molecule has 2 saturated heterocycles. The van der Waals surface area contributed by atoms with Crippen LogP contribution in [0.1, 0.15) is 31.2 Å². The molecule has 4 rings (SSSR count). The second-order valence-corrected chi connectivity index (χ2v) is 7.33. The fourth-order valence-electron chi connectivity index (χ4n) is 4.19. The molecule has 1 aromatic carbocycles. The van der Waals surface area contributed by atoms with E-state index in [-0.39, 0.29) is 0 Å². The molecule has 2 fully saturated rings. The highest BCUT2D eigenvalue weighted by Gasteiger charge is 2.28. The average Bonchev–Trinajstić information content (AvgIpc) is 3.13. The Hall–Kier alpha value is -1.16. The van der Waals surface area contributed by atoms with Crippen molar-refractivity contribution in [3.8, 4) is 0 Å².